The zero-order chi connectivity index (χ0) is 22.2. The lowest BCUT2D eigenvalue weighted by atomic mass is 10.0. The Balaban J connectivity index is 0.00000306. The van der Waals surface area contributed by atoms with E-state index in [1.165, 1.54) is 19.3 Å². The van der Waals surface area contributed by atoms with Gasteiger partial charge in [-0.25, -0.2) is 0 Å². The quantitative estimate of drug-likeness (QED) is 0.243. The van der Waals surface area contributed by atoms with Crippen LogP contribution in [0.3, 0.4) is 0 Å². The SMILES string of the molecule is CN=C(NCCCc1nnc2n1CCCCC2)NC1CCCN(c2ccccc2C#N)C1.I. The number of anilines is 1. The fourth-order valence-electron chi connectivity index (χ4n) is 4.73. The Bertz CT molecular complexity index is 964. The highest BCUT2D eigenvalue weighted by atomic mass is 127. The molecule has 0 radical (unpaired) electrons. The van der Waals surface area contributed by atoms with Crippen molar-refractivity contribution in [2.45, 2.75) is 64.0 Å². The van der Waals surface area contributed by atoms with E-state index in [4.69, 9.17) is 0 Å². The number of para-hydroxylation sites is 1. The highest BCUT2D eigenvalue weighted by Gasteiger charge is 2.22. The van der Waals surface area contributed by atoms with Crippen LogP contribution in [0.4, 0.5) is 5.69 Å². The molecule has 0 bridgehead atoms. The Labute approximate surface area is 213 Å². The van der Waals surface area contributed by atoms with E-state index in [9.17, 15) is 5.26 Å². The van der Waals surface area contributed by atoms with Crippen molar-refractivity contribution in [3.63, 3.8) is 0 Å². The van der Waals surface area contributed by atoms with E-state index in [1.54, 1.807) is 0 Å². The fourth-order valence-corrected chi connectivity index (χ4v) is 4.73. The molecule has 8 nitrogen and oxygen atoms in total. The number of guanidine groups is 1. The van der Waals surface area contributed by atoms with E-state index in [0.29, 0.717) is 6.04 Å². The molecule has 1 unspecified atom stereocenters. The van der Waals surface area contributed by atoms with Gasteiger partial charge in [0.1, 0.15) is 17.7 Å². The minimum atomic E-state index is 0. The van der Waals surface area contributed by atoms with Crippen LogP contribution in [0, 0.1) is 11.3 Å². The number of hydrogen-bond donors (Lipinski definition) is 2. The first-order valence-electron chi connectivity index (χ1n) is 11.9. The zero-order valence-corrected chi connectivity index (χ0v) is 21.8. The summed E-state index contributed by atoms with van der Waals surface area (Å²) in [6.45, 7) is 3.74. The number of nitrogens with one attached hydrogen (secondary N) is 2. The number of hydrogen-bond acceptors (Lipinski definition) is 5. The van der Waals surface area contributed by atoms with Crippen LogP contribution in [0.5, 0.6) is 0 Å². The summed E-state index contributed by atoms with van der Waals surface area (Å²) < 4.78 is 2.33. The number of nitriles is 1. The summed E-state index contributed by atoms with van der Waals surface area (Å²) >= 11 is 0. The average Bonchev–Trinajstić information content (AvgIpc) is 3.06. The van der Waals surface area contributed by atoms with Gasteiger partial charge < -0.3 is 20.1 Å². The van der Waals surface area contributed by atoms with Crippen LogP contribution in [0.2, 0.25) is 0 Å². The molecule has 1 aromatic carbocycles. The van der Waals surface area contributed by atoms with Crippen molar-refractivity contribution in [1.82, 2.24) is 25.4 Å². The molecule has 1 fully saturated rings. The molecule has 3 heterocycles. The topological polar surface area (TPSA) is 94.2 Å². The highest BCUT2D eigenvalue weighted by molar-refractivity contribution is 14.0. The molecule has 2 N–H and O–H groups in total. The van der Waals surface area contributed by atoms with Crippen LogP contribution < -0.4 is 15.5 Å². The molecule has 4 rings (SSSR count). The number of fused-ring (bicyclic) bond motifs is 1. The number of benzene rings is 1. The van der Waals surface area contributed by atoms with Crippen molar-refractivity contribution >= 4 is 35.6 Å². The molecule has 0 amide bonds. The summed E-state index contributed by atoms with van der Waals surface area (Å²) in [5, 5.41) is 25.3. The summed E-state index contributed by atoms with van der Waals surface area (Å²) in [5.74, 6) is 3.11. The summed E-state index contributed by atoms with van der Waals surface area (Å²) in [6, 6.07) is 10.5. The first kappa shape index (κ1) is 25.3. The summed E-state index contributed by atoms with van der Waals surface area (Å²) in [4.78, 5) is 6.73. The molecule has 2 aliphatic heterocycles. The fraction of sp³-hybridized carbons (Fsp3) is 0.583. The molecule has 178 valence electrons. The van der Waals surface area contributed by atoms with Crippen molar-refractivity contribution in [1.29, 1.82) is 5.26 Å². The van der Waals surface area contributed by atoms with Gasteiger partial charge in [-0.2, -0.15) is 5.26 Å². The lowest BCUT2D eigenvalue weighted by molar-refractivity contribution is 0.467. The van der Waals surface area contributed by atoms with Crippen molar-refractivity contribution in [2.75, 3.05) is 31.6 Å². The maximum absolute atomic E-state index is 9.44. The molecule has 2 aromatic rings. The summed E-state index contributed by atoms with van der Waals surface area (Å²) in [6.07, 6.45) is 8.90. The Hall–Kier alpha value is -2.35. The maximum atomic E-state index is 9.44. The predicted octanol–water partition coefficient (Wildman–Crippen LogP) is 3.26. The van der Waals surface area contributed by atoms with E-state index in [1.807, 2.05) is 31.3 Å². The van der Waals surface area contributed by atoms with Gasteiger partial charge in [-0.3, -0.25) is 4.99 Å². The second kappa shape index (κ2) is 12.8. The number of piperidine rings is 1. The molecule has 33 heavy (non-hydrogen) atoms. The first-order valence-corrected chi connectivity index (χ1v) is 11.9. The molecule has 1 aromatic heterocycles. The largest absolute Gasteiger partial charge is 0.368 e. The highest BCUT2D eigenvalue weighted by Crippen LogP contribution is 2.23. The van der Waals surface area contributed by atoms with Gasteiger partial charge in [0, 0.05) is 52.1 Å². The lowest BCUT2D eigenvalue weighted by Gasteiger charge is -2.35. The van der Waals surface area contributed by atoms with Gasteiger partial charge in [0.2, 0.25) is 0 Å². The van der Waals surface area contributed by atoms with Gasteiger partial charge in [0.05, 0.1) is 11.3 Å². The average molecular weight is 563 g/mol. The minimum absolute atomic E-state index is 0. The normalized spacial score (nSPS) is 18.5. The van der Waals surface area contributed by atoms with Gasteiger partial charge in [0.25, 0.3) is 0 Å². The molecule has 0 spiro atoms. The second-order valence-corrected chi connectivity index (χ2v) is 8.66. The molecule has 0 aliphatic carbocycles. The number of aryl methyl sites for hydroxylation is 2. The minimum Gasteiger partial charge on any atom is -0.368 e. The van der Waals surface area contributed by atoms with E-state index in [2.05, 4.69) is 41.4 Å². The van der Waals surface area contributed by atoms with Crippen LogP contribution in [0.25, 0.3) is 0 Å². The molecule has 1 saturated heterocycles. The Morgan fingerprint density at radius 1 is 1.18 bits per heavy atom. The molecule has 9 heteroatoms. The van der Waals surface area contributed by atoms with Crippen molar-refractivity contribution in [3.8, 4) is 6.07 Å². The standard InChI is InChI=1S/C24H34N8.HI/c1-26-24(27-14-7-13-23-30-29-22-12-3-2-6-16-32(22)23)28-20-10-8-15-31(18-20)21-11-5-4-9-19(21)17-25;/h4-5,9,11,20H,2-3,6-8,10,12-16,18H2,1H3,(H2,26,27,28);1H. The predicted molar refractivity (Wildman–Crippen MR) is 142 cm³/mol. The molecule has 2 aliphatic rings. The number of aliphatic imine (C=N–C) groups is 1. The van der Waals surface area contributed by atoms with Crippen LogP contribution in [0.15, 0.2) is 29.3 Å². The zero-order valence-electron chi connectivity index (χ0n) is 19.5. The molecule has 1 atom stereocenters. The third-order valence-corrected chi connectivity index (χ3v) is 6.41. The monoisotopic (exact) mass is 562 g/mol. The van der Waals surface area contributed by atoms with Gasteiger partial charge in [-0.05, 0) is 44.2 Å². The van der Waals surface area contributed by atoms with Crippen LogP contribution in [-0.4, -0.2) is 53.4 Å². The molecule has 0 saturated carbocycles. The third-order valence-electron chi connectivity index (χ3n) is 6.41. The van der Waals surface area contributed by atoms with Crippen molar-refractivity contribution < 1.29 is 0 Å². The first-order chi connectivity index (χ1) is 15.8. The van der Waals surface area contributed by atoms with E-state index in [-0.39, 0.29) is 24.0 Å². The Kier molecular flexibility index (Phi) is 9.78. The second-order valence-electron chi connectivity index (χ2n) is 8.66. The van der Waals surface area contributed by atoms with Gasteiger partial charge in [-0.15, -0.1) is 34.2 Å². The number of halogens is 1. The lowest BCUT2D eigenvalue weighted by Crippen LogP contribution is -2.51. The Morgan fingerprint density at radius 3 is 2.91 bits per heavy atom. The Morgan fingerprint density at radius 2 is 2.06 bits per heavy atom. The maximum Gasteiger partial charge on any atom is 0.191 e. The number of rotatable bonds is 6. The number of aromatic nitrogens is 3. The van der Waals surface area contributed by atoms with E-state index in [0.717, 1.165) is 87.1 Å². The molecular weight excluding hydrogens is 527 g/mol. The summed E-state index contributed by atoms with van der Waals surface area (Å²) in [5.41, 5.74) is 1.76. The van der Waals surface area contributed by atoms with Crippen LogP contribution in [-0.2, 0) is 19.4 Å². The molecular formula is C24H35IN8. The third kappa shape index (κ3) is 6.59. The smallest absolute Gasteiger partial charge is 0.191 e. The summed E-state index contributed by atoms with van der Waals surface area (Å²) in [7, 11) is 1.82. The van der Waals surface area contributed by atoms with Crippen LogP contribution in [0.1, 0.15) is 55.7 Å². The van der Waals surface area contributed by atoms with E-state index < -0.39 is 0 Å². The van der Waals surface area contributed by atoms with Gasteiger partial charge in [0.15, 0.2) is 5.96 Å². The van der Waals surface area contributed by atoms with E-state index >= 15 is 0 Å². The van der Waals surface area contributed by atoms with Crippen molar-refractivity contribution in [3.05, 3.63) is 41.5 Å². The van der Waals surface area contributed by atoms with Crippen molar-refractivity contribution in [2.24, 2.45) is 4.99 Å². The number of nitrogens with zero attached hydrogens (tertiary/aromatic N) is 6. The van der Waals surface area contributed by atoms with Gasteiger partial charge >= 0.3 is 0 Å². The van der Waals surface area contributed by atoms with Crippen LogP contribution >= 0.6 is 24.0 Å². The van der Waals surface area contributed by atoms with Gasteiger partial charge in [-0.1, -0.05) is 18.6 Å².